The van der Waals surface area contributed by atoms with Crippen molar-refractivity contribution in [2.45, 2.75) is 5.41 Å². The molecule has 2 aromatic heterocycles. The van der Waals surface area contributed by atoms with E-state index < -0.39 is 5.41 Å². The van der Waals surface area contributed by atoms with Crippen molar-refractivity contribution in [1.29, 1.82) is 0 Å². The van der Waals surface area contributed by atoms with Crippen LogP contribution in [-0.4, -0.2) is 4.98 Å². The summed E-state index contributed by atoms with van der Waals surface area (Å²) in [5, 5.41) is 4.38. The minimum atomic E-state index is -0.457. The van der Waals surface area contributed by atoms with Crippen LogP contribution < -0.4 is 4.90 Å². The highest BCUT2D eigenvalue weighted by molar-refractivity contribution is 6.14. The van der Waals surface area contributed by atoms with E-state index in [1.807, 2.05) is 12.4 Å². The quantitative estimate of drug-likeness (QED) is 0.183. The number of hydrogen-bond donors (Lipinski definition) is 0. The maximum atomic E-state index is 6.90. The van der Waals surface area contributed by atoms with Crippen molar-refractivity contribution in [3.63, 3.8) is 0 Å². The van der Waals surface area contributed by atoms with Gasteiger partial charge in [0.05, 0.1) is 17.3 Å². The van der Waals surface area contributed by atoms with E-state index in [4.69, 9.17) is 9.40 Å². The second-order valence-corrected chi connectivity index (χ2v) is 14.7. The van der Waals surface area contributed by atoms with Gasteiger partial charge in [-0.2, -0.15) is 0 Å². The summed E-state index contributed by atoms with van der Waals surface area (Å²) in [5.74, 6) is 0. The van der Waals surface area contributed by atoms with E-state index in [9.17, 15) is 0 Å². The van der Waals surface area contributed by atoms with Crippen molar-refractivity contribution < 1.29 is 4.42 Å². The fourth-order valence-electron chi connectivity index (χ4n) is 9.67. The summed E-state index contributed by atoms with van der Waals surface area (Å²) < 4.78 is 6.90. The van der Waals surface area contributed by atoms with E-state index in [2.05, 4.69) is 187 Å². The fourth-order valence-corrected chi connectivity index (χ4v) is 9.67. The van der Waals surface area contributed by atoms with Gasteiger partial charge < -0.3 is 9.32 Å². The second kappa shape index (κ2) is 11.4. The molecule has 0 saturated heterocycles. The van der Waals surface area contributed by atoms with E-state index in [-0.39, 0.29) is 0 Å². The van der Waals surface area contributed by atoms with Crippen molar-refractivity contribution in [3.8, 4) is 33.4 Å². The Bertz CT molecular complexity index is 3110. The highest BCUT2D eigenvalue weighted by Crippen LogP contribution is 2.64. The molecule has 0 saturated carbocycles. The Morgan fingerprint density at radius 1 is 0.436 bits per heavy atom. The average Bonchev–Trinajstić information content (AvgIpc) is 3.88. The van der Waals surface area contributed by atoms with E-state index in [1.54, 1.807) is 0 Å². The molecule has 0 atom stereocenters. The molecule has 3 heteroatoms. The van der Waals surface area contributed by atoms with Gasteiger partial charge in [-0.1, -0.05) is 152 Å². The third kappa shape index (κ3) is 4.12. The first-order chi connectivity index (χ1) is 27.3. The zero-order valence-corrected chi connectivity index (χ0v) is 29.8. The third-order valence-electron chi connectivity index (χ3n) is 11.9. The van der Waals surface area contributed by atoms with Gasteiger partial charge in [0.2, 0.25) is 0 Å². The predicted octanol–water partition coefficient (Wildman–Crippen LogP) is 13.6. The molecule has 0 bridgehead atoms. The Kier molecular flexibility index (Phi) is 6.26. The summed E-state index contributed by atoms with van der Waals surface area (Å²) in [6.45, 7) is 0. The molecule has 2 aliphatic rings. The second-order valence-electron chi connectivity index (χ2n) is 14.7. The van der Waals surface area contributed by atoms with Gasteiger partial charge in [-0.3, -0.25) is 4.98 Å². The molecule has 3 nitrogen and oxygen atoms in total. The number of benzene rings is 8. The lowest BCUT2D eigenvalue weighted by atomic mass is 9.70. The molecule has 0 N–H and O–H groups in total. The molecule has 256 valence electrons. The number of hydrogen-bond acceptors (Lipinski definition) is 3. The number of pyridine rings is 1. The zero-order chi connectivity index (χ0) is 36.1. The Morgan fingerprint density at radius 3 is 1.75 bits per heavy atom. The monoisotopic (exact) mass is 700 g/mol. The molecule has 0 amide bonds. The Labute approximate surface area is 318 Å². The maximum Gasteiger partial charge on any atom is 0.162 e. The van der Waals surface area contributed by atoms with Crippen LogP contribution in [0.2, 0.25) is 0 Å². The van der Waals surface area contributed by atoms with Gasteiger partial charge in [-0.05, 0) is 91.2 Å². The molecule has 0 unspecified atom stereocenters. The van der Waals surface area contributed by atoms with Crippen LogP contribution in [0.1, 0.15) is 22.3 Å². The van der Waals surface area contributed by atoms with Crippen molar-refractivity contribution in [2.75, 3.05) is 4.90 Å². The molecule has 10 aromatic rings. The van der Waals surface area contributed by atoms with Crippen molar-refractivity contribution in [2.24, 2.45) is 0 Å². The normalized spacial score (nSPS) is 13.2. The molecule has 0 radical (unpaired) electrons. The van der Waals surface area contributed by atoms with Gasteiger partial charge >= 0.3 is 0 Å². The molecule has 0 aliphatic heterocycles. The summed E-state index contributed by atoms with van der Waals surface area (Å²) in [7, 11) is 0. The molecule has 12 rings (SSSR count). The van der Waals surface area contributed by atoms with Crippen LogP contribution in [0.15, 0.2) is 199 Å². The summed E-state index contributed by atoms with van der Waals surface area (Å²) in [6.07, 6.45) is 3.91. The first kappa shape index (κ1) is 30.3. The number of rotatable bonds is 4. The van der Waals surface area contributed by atoms with Crippen LogP contribution in [0.3, 0.4) is 0 Å². The highest BCUT2D eigenvalue weighted by atomic mass is 16.3. The zero-order valence-electron chi connectivity index (χ0n) is 29.8. The summed E-state index contributed by atoms with van der Waals surface area (Å²) in [5.41, 5.74) is 16.8. The van der Waals surface area contributed by atoms with E-state index in [0.717, 1.165) is 50.0 Å². The Balaban J connectivity index is 1.16. The molecule has 0 fully saturated rings. The summed E-state index contributed by atoms with van der Waals surface area (Å²) in [4.78, 5) is 7.29. The minimum Gasteiger partial charge on any atom is -0.454 e. The lowest BCUT2D eigenvalue weighted by Gasteiger charge is -2.31. The number of fused-ring (bicyclic) bond motifs is 14. The average molecular weight is 701 g/mol. The van der Waals surface area contributed by atoms with Crippen LogP contribution in [-0.2, 0) is 5.41 Å². The Hall–Kier alpha value is -7.23. The number of furan rings is 1. The first-order valence-electron chi connectivity index (χ1n) is 18.9. The third-order valence-corrected chi connectivity index (χ3v) is 11.9. The van der Waals surface area contributed by atoms with Gasteiger partial charge in [-0.15, -0.1) is 0 Å². The van der Waals surface area contributed by atoms with Gasteiger partial charge in [0.1, 0.15) is 11.3 Å². The van der Waals surface area contributed by atoms with Crippen molar-refractivity contribution >= 4 is 49.8 Å². The van der Waals surface area contributed by atoms with Crippen LogP contribution >= 0.6 is 0 Å². The van der Waals surface area contributed by atoms with Crippen molar-refractivity contribution in [1.82, 2.24) is 4.98 Å². The lowest BCUT2D eigenvalue weighted by Crippen LogP contribution is -2.26. The van der Waals surface area contributed by atoms with Crippen LogP contribution in [0.4, 0.5) is 17.1 Å². The number of aromatic nitrogens is 1. The SMILES string of the molecule is c1ccc(-c2ccc(N(c3cccc4c3-c3ccccc3C43c4ccccc4-c4ccccc43)c3cncc4c3oc3cc5ccccc5cc34)cc2)cc1. The molecular formula is C52H32N2O. The molecule has 55 heavy (non-hydrogen) atoms. The van der Waals surface area contributed by atoms with Crippen molar-refractivity contribution in [3.05, 3.63) is 217 Å². The predicted molar refractivity (Wildman–Crippen MR) is 225 cm³/mol. The van der Waals surface area contributed by atoms with Gasteiger partial charge in [0, 0.05) is 28.2 Å². The van der Waals surface area contributed by atoms with Crippen LogP contribution in [0, 0.1) is 0 Å². The van der Waals surface area contributed by atoms with Gasteiger partial charge in [0.25, 0.3) is 0 Å². The van der Waals surface area contributed by atoms with E-state index in [0.29, 0.717) is 0 Å². The lowest BCUT2D eigenvalue weighted by molar-refractivity contribution is 0.669. The topological polar surface area (TPSA) is 29.3 Å². The minimum absolute atomic E-state index is 0.457. The summed E-state index contributed by atoms with van der Waals surface area (Å²) >= 11 is 0. The largest absolute Gasteiger partial charge is 0.454 e. The van der Waals surface area contributed by atoms with Crippen LogP contribution in [0.25, 0.3) is 66.1 Å². The fraction of sp³-hybridized carbons (Fsp3) is 0.0192. The molecule has 1 spiro atoms. The molecular weight excluding hydrogens is 669 g/mol. The van der Waals surface area contributed by atoms with Gasteiger partial charge in [-0.25, -0.2) is 0 Å². The Morgan fingerprint density at radius 2 is 1.02 bits per heavy atom. The smallest absolute Gasteiger partial charge is 0.162 e. The maximum absolute atomic E-state index is 6.90. The van der Waals surface area contributed by atoms with Crippen LogP contribution in [0.5, 0.6) is 0 Å². The standard InChI is InChI=1S/C52H32N2O/c1-2-13-33(14-3-1)34-25-27-37(28-26-34)54(48-32-53-31-42-41-29-35-15-4-5-16-36(35)30-49(41)55-51(42)48)47-24-12-23-46-50(47)40-19-8-11-22-45(40)52(46)43-20-9-6-17-38(43)39-18-7-10-21-44(39)52/h1-32H. The molecule has 2 aliphatic carbocycles. The van der Waals surface area contributed by atoms with Gasteiger partial charge in [0.15, 0.2) is 5.58 Å². The molecule has 8 aromatic carbocycles. The number of anilines is 3. The number of nitrogens with zero attached hydrogens (tertiary/aromatic N) is 2. The molecule has 2 heterocycles. The van der Waals surface area contributed by atoms with E-state index >= 15 is 0 Å². The first-order valence-corrected chi connectivity index (χ1v) is 18.9. The highest BCUT2D eigenvalue weighted by Gasteiger charge is 2.52. The summed E-state index contributed by atoms with van der Waals surface area (Å²) in [6, 6.07) is 66.1. The van der Waals surface area contributed by atoms with E-state index in [1.165, 1.54) is 55.5 Å².